The molecule has 0 atom stereocenters. The summed E-state index contributed by atoms with van der Waals surface area (Å²) in [6, 6.07) is 7.77. The fraction of sp³-hybridized carbons (Fsp3) is 0.500. The third kappa shape index (κ3) is 2.49. The van der Waals surface area contributed by atoms with Gasteiger partial charge in [-0.3, -0.25) is 0 Å². The highest BCUT2D eigenvalue weighted by Crippen LogP contribution is 2.25. The Morgan fingerprint density at radius 3 is 2.60 bits per heavy atom. The average Bonchev–Trinajstić information content (AvgIpc) is 2.22. The van der Waals surface area contributed by atoms with Crippen LogP contribution in [0, 0.1) is 0 Å². The Labute approximate surface area is 90.3 Å². The minimum atomic E-state index is -0.569. The molecule has 0 saturated carbocycles. The number of nitrogens with one attached hydrogen (secondary N) is 1. The molecule has 0 unspecified atom stereocenters. The fourth-order valence-electron chi connectivity index (χ4n) is 2.12. The molecule has 1 aromatic carbocycles. The predicted molar refractivity (Wildman–Crippen MR) is 61.6 cm³/mol. The largest absolute Gasteiger partial charge is 0.399 e. The van der Waals surface area contributed by atoms with Crippen LogP contribution in [-0.4, -0.2) is 23.8 Å². The maximum Gasteiger partial charge on any atom is 0.0712 e. The Balaban J connectivity index is 2.10. The van der Waals surface area contributed by atoms with Gasteiger partial charge in [-0.2, -0.15) is 0 Å². The van der Waals surface area contributed by atoms with Crippen molar-refractivity contribution >= 4 is 5.69 Å². The summed E-state index contributed by atoms with van der Waals surface area (Å²) < 4.78 is 0. The van der Waals surface area contributed by atoms with E-state index in [9.17, 15) is 5.11 Å². The van der Waals surface area contributed by atoms with Crippen molar-refractivity contribution in [2.45, 2.75) is 24.9 Å². The number of anilines is 1. The molecule has 1 aliphatic heterocycles. The normalized spacial score (nSPS) is 20.1. The van der Waals surface area contributed by atoms with E-state index in [4.69, 9.17) is 5.73 Å². The number of para-hydroxylation sites is 1. The standard InChI is InChI=1S/C12H18N2O/c13-11-4-2-1-3-10(11)9-12(15)5-7-14-8-6-12/h1-4,14-15H,5-9,13H2. The van der Waals surface area contributed by atoms with Crippen LogP contribution in [0.5, 0.6) is 0 Å². The van der Waals surface area contributed by atoms with E-state index in [0.717, 1.165) is 37.2 Å². The van der Waals surface area contributed by atoms with E-state index in [1.165, 1.54) is 0 Å². The quantitative estimate of drug-likeness (QED) is 0.631. The van der Waals surface area contributed by atoms with Crippen molar-refractivity contribution in [2.24, 2.45) is 0 Å². The van der Waals surface area contributed by atoms with Crippen molar-refractivity contribution in [1.82, 2.24) is 5.32 Å². The van der Waals surface area contributed by atoms with Gasteiger partial charge in [-0.1, -0.05) is 18.2 Å². The van der Waals surface area contributed by atoms with Crippen molar-refractivity contribution in [2.75, 3.05) is 18.8 Å². The first-order chi connectivity index (χ1) is 7.20. The number of hydrogen-bond donors (Lipinski definition) is 3. The molecule has 0 amide bonds. The van der Waals surface area contributed by atoms with Crippen molar-refractivity contribution in [1.29, 1.82) is 0 Å². The number of benzene rings is 1. The molecule has 3 nitrogen and oxygen atoms in total. The van der Waals surface area contributed by atoms with Crippen LogP contribution in [0.2, 0.25) is 0 Å². The first kappa shape index (κ1) is 10.5. The van der Waals surface area contributed by atoms with Crippen molar-refractivity contribution < 1.29 is 5.11 Å². The summed E-state index contributed by atoms with van der Waals surface area (Å²) >= 11 is 0. The molecule has 1 fully saturated rings. The Hall–Kier alpha value is -1.06. The van der Waals surface area contributed by atoms with Crippen LogP contribution in [0.3, 0.4) is 0 Å². The minimum Gasteiger partial charge on any atom is -0.399 e. The SMILES string of the molecule is Nc1ccccc1CC1(O)CCNCC1. The topological polar surface area (TPSA) is 58.3 Å². The molecule has 0 aromatic heterocycles. The van der Waals surface area contributed by atoms with Crippen molar-refractivity contribution in [3.05, 3.63) is 29.8 Å². The molecule has 1 heterocycles. The molecule has 1 aromatic rings. The molecule has 82 valence electrons. The zero-order chi connectivity index (χ0) is 10.7. The van der Waals surface area contributed by atoms with E-state index in [0.29, 0.717) is 6.42 Å². The molecule has 2 rings (SSSR count). The van der Waals surface area contributed by atoms with Gasteiger partial charge >= 0.3 is 0 Å². The Morgan fingerprint density at radius 1 is 1.27 bits per heavy atom. The molecule has 0 bridgehead atoms. The molecular formula is C12H18N2O. The average molecular weight is 206 g/mol. The Bertz CT molecular complexity index is 332. The summed E-state index contributed by atoms with van der Waals surface area (Å²) in [6.07, 6.45) is 2.28. The van der Waals surface area contributed by atoms with Crippen LogP contribution >= 0.6 is 0 Å². The van der Waals surface area contributed by atoms with Crippen LogP contribution in [0.4, 0.5) is 5.69 Å². The lowest BCUT2D eigenvalue weighted by Gasteiger charge is -2.33. The van der Waals surface area contributed by atoms with Crippen LogP contribution < -0.4 is 11.1 Å². The Morgan fingerprint density at radius 2 is 1.93 bits per heavy atom. The van der Waals surface area contributed by atoms with E-state index in [1.807, 2.05) is 24.3 Å². The molecular weight excluding hydrogens is 188 g/mol. The molecule has 3 heteroatoms. The van der Waals surface area contributed by atoms with Crippen LogP contribution in [0.25, 0.3) is 0 Å². The van der Waals surface area contributed by atoms with Crippen LogP contribution in [-0.2, 0) is 6.42 Å². The predicted octanol–water partition coefficient (Wildman–Crippen LogP) is 0.926. The zero-order valence-corrected chi connectivity index (χ0v) is 8.87. The zero-order valence-electron chi connectivity index (χ0n) is 8.87. The molecule has 15 heavy (non-hydrogen) atoms. The lowest BCUT2D eigenvalue weighted by Crippen LogP contribution is -2.43. The number of nitrogen functional groups attached to an aromatic ring is 1. The summed E-state index contributed by atoms with van der Waals surface area (Å²) in [4.78, 5) is 0. The van der Waals surface area contributed by atoms with Gasteiger partial charge in [-0.25, -0.2) is 0 Å². The van der Waals surface area contributed by atoms with Gasteiger partial charge in [0.2, 0.25) is 0 Å². The molecule has 1 aliphatic rings. The maximum atomic E-state index is 10.4. The van der Waals surface area contributed by atoms with Gasteiger partial charge in [0.05, 0.1) is 5.60 Å². The number of rotatable bonds is 2. The van der Waals surface area contributed by atoms with Crippen LogP contribution in [0.1, 0.15) is 18.4 Å². The highest BCUT2D eigenvalue weighted by atomic mass is 16.3. The monoisotopic (exact) mass is 206 g/mol. The lowest BCUT2D eigenvalue weighted by atomic mass is 9.85. The van der Waals surface area contributed by atoms with Crippen molar-refractivity contribution in [3.63, 3.8) is 0 Å². The van der Waals surface area contributed by atoms with E-state index >= 15 is 0 Å². The van der Waals surface area contributed by atoms with Gasteiger partial charge < -0.3 is 16.2 Å². The van der Waals surface area contributed by atoms with Gasteiger partial charge in [0.15, 0.2) is 0 Å². The van der Waals surface area contributed by atoms with Gasteiger partial charge in [0.1, 0.15) is 0 Å². The summed E-state index contributed by atoms with van der Waals surface area (Å²) in [5, 5.41) is 13.6. The van der Waals surface area contributed by atoms with Gasteiger partial charge in [0, 0.05) is 12.1 Å². The van der Waals surface area contributed by atoms with E-state index < -0.39 is 5.60 Å². The second kappa shape index (κ2) is 4.21. The Kier molecular flexibility index (Phi) is 2.93. The minimum absolute atomic E-state index is 0.569. The summed E-state index contributed by atoms with van der Waals surface area (Å²) in [7, 11) is 0. The van der Waals surface area contributed by atoms with Gasteiger partial charge in [0.25, 0.3) is 0 Å². The third-order valence-electron chi connectivity index (χ3n) is 3.11. The smallest absolute Gasteiger partial charge is 0.0712 e. The lowest BCUT2D eigenvalue weighted by molar-refractivity contribution is 0.0110. The van der Waals surface area contributed by atoms with Gasteiger partial charge in [-0.15, -0.1) is 0 Å². The highest BCUT2D eigenvalue weighted by Gasteiger charge is 2.29. The molecule has 0 aliphatic carbocycles. The molecule has 1 saturated heterocycles. The van der Waals surface area contributed by atoms with Crippen molar-refractivity contribution in [3.8, 4) is 0 Å². The van der Waals surface area contributed by atoms with E-state index in [2.05, 4.69) is 5.32 Å². The molecule has 4 N–H and O–H groups in total. The van der Waals surface area contributed by atoms with Gasteiger partial charge in [-0.05, 0) is 37.6 Å². The third-order valence-corrected chi connectivity index (χ3v) is 3.11. The summed E-state index contributed by atoms with van der Waals surface area (Å²) in [5.41, 5.74) is 7.14. The number of nitrogens with two attached hydrogens (primary N) is 1. The maximum absolute atomic E-state index is 10.4. The fourth-order valence-corrected chi connectivity index (χ4v) is 2.12. The molecule has 0 spiro atoms. The van der Waals surface area contributed by atoms with E-state index in [1.54, 1.807) is 0 Å². The summed E-state index contributed by atoms with van der Waals surface area (Å²) in [6.45, 7) is 1.78. The first-order valence-electron chi connectivity index (χ1n) is 5.46. The van der Waals surface area contributed by atoms with Crippen LogP contribution in [0.15, 0.2) is 24.3 Å². The first-order valence-corrected chi connectivity index (χ1v) is 5.46. The van der Waals surface area contributed by atoms with E-state index in [-0.39, 0.29) is 0 Å². The number of piperidine rings is 1. The highest BCUT2D eigenvalue weighted by molar-refractivity contribution is 5.47. The second-order valence-electron chi connectivity index (χ2n) is 4.35. The second-order valence-corrected chi connectivity index (χ2v) is 4.35. The number of hydrogen-bond acceptors (Lipinski definition) is 3. The summed E-state index contributed by atoms with van der Waals surface area (Å²) in [5.74, 6) is 0. The molecule has 0 radical (unpaired) electrons. The number of aliphatic hydroxyl groups is 1.